The molecule has 0 amide bonds. The van der Waals surface area contributed by atoms with Crippen LogP contribution in [0.1, 0.15) is 16.0 Å². The second kappa shape index (κ2) is 6.15. The molecule has 0 aliphatic heterocycles. The zero-order chi connectivity index (χ0) is 13.8. The van der Waals surface area contributed by atoms with Crippen LogP contribution in [0.5, 0.6) is 5.75 Å². The first kappa shape index (κ1) is 14.0. The van der Waals surface area contributed by atoms with Crippen molar-refractivity contribution in [3.05, 3.63) is 65.2 Å². The minimum atomic E-state index is -0.559. The zero-order valence-corrected chi connectivity index (χ0v) is 12.0. The molecule has 1 atom stereocenters. The van der Waals surface area contributed by atoms with E-state index in [0.717, 1.165) is 17.4 Å². The van der Waals surface area contributed by atoms with Gasteiger partial charge < -0.3 is 4.74 Å². The van der Waals surface area contributed by atoms with Crippen LogP contribution < -0.4 is 4.74 Å². The van der Waals surface area contributed by atoms with E-state index in [2.05, 4.69) is 15.9 Å². The molecule has 2 rings (SSSR count). The standard InChI is InChI=1S/C15H13BrF2O/c1-19-13-6-3-10(4-7-13)14(16)8-11-2-5-12(17)9-15(11)18/h2-7,9,14H,8H2,1H3. The molecule has 0 saturated heterocycles. The second-order valence-electron chi connectivity index (χ2n) is 4.18. The number of hydrogen-bond donors (Lipinski definition) is 0. The number of benzene rings is 2. The Morgan fingerprint density at radius 1 is 1.11 bits per heavy atom. The van der Waals surface area contributed by atoms with E-state index in [1.165, 1.54) is 12.1 Å². The normalized spacial score (nSPS) is 12.2. The monoisotopic (exact) mass is 326 g/mol. The first-order valence-corrected chi connectivity index (χ1v) is 6.73. The predicted molar refractivity (Wildman–Crippen MR) is 74.7 cm³/mol. The quantitative estimate of drug-likeness (QED) is 0.743. The molecule has 0 radical (unpaired) electrons. The summed E-state index contributed by atoms with van der Waals surface area (Å²) >= 11 is 3.52. The maximum atomic E-state index is 13.6. The van der Waals surface area contributed by atoms with Crippen molar-refractivity contribution in [1.82, 2.24) is 0 Å². The van der Waals surface area contributed by atoms with Gasteiger partial charge in [0.05, 0.1) is 7.11 Å². The van der Waals surface area contributed by atoms with Gasteiger partial charge in [-0.15, -0.1) is 0 Å². The SMILES string of the molecule is COc1ccc(C(Br)Cc2ccc(F)cc2F)cc1. The Hall–Kier alpha value is -1.42. The molecule has 2 aromatic carbocycles. The molecular weight excluding hydrogens is 314 g/mol. The summed E-state index contributed by atoms with van der Waals surface area (Å²) in [6.07, 6.45) is 0.457. The van der Waals surface area contributed by atoms with Crippen molar-refractivity contribution < 1.29 is 13.5 Å². The summed E-state index contributed by atoms with van der Waals surface area (Å²) in [7, 11) is 1.61. The highest BCUT2D eigenvalue weighted by Crippen LogP contribution is 2.29. The summed E-state index contributed by atoms with van der Waals surface area (Å²) in [5.74, 6) is -0.300. The van der Waals surface area contributed by atoms with Crippen molar-refractivity contribution in [2.24, 2.45) is 0 Å². The van der Waals surface area contributed by atoms with E-state index >= 15 is 0 Å². The molecule has 0 saturated carbocycles. The van der Waals surface area contributed by atoms with Gasteiger partial charge in [-0.2, -0.15) is 0 Å². The van der Waals surface area contributed by atoms with Gasteiger partial charge in [-0.1, -0.05) is 34.1 Å². The molecule has 0 aliphatic rings. The van der Waals surface area contributed by atoms with Crippen LogP contribution >= 0.6 is 15.9 Å². The fourth-order valence-electron chi connectivity index (χ4n) is 1.81. The van der Waals surface area contributed by atoms with Crippen LogP contribution in [0.15, 0.2) is 42.5 Å². The molecule has 19 heavy (non-hydrogen) atoms. The highest BCUT2D eigenvalue weighted by molar-refractivity contribution is 9.09. The lowest BCUT2D eigenvalue weighted by Gasteiger charge is -2.11. The van der Waals surface area contributed by atoms with E-state index in [4.69, 9.17) is 4.74 Å². The smallest absolute Gasteiger partial charge is 0.129 e. The topological polar surface area (TPSA) is 9.23 Å². The van der Waals surface area contributed by atoms with E-state index in [1.54, 1.807) is 7.11 Å². The molecule has 0 spiro atoms. The minimum Gasteiger partial charge on any atom is -0.497 e. The van der Waals surface area contributed by atoms with Gasteiger partial charge in [-0.3, -0.25) is 0 Å². The molecule has 0 heterocycles. The third kappa shape index (κ3) is 3.53. The van der Waals surface area contributed by atoms with Crippen molar-refractivity contribution >= 4 is 15.9 Å². The van der Waals surface area contributed by atoms with Crippen molar-refractivity contribution in [2.75, 3.05) is 7.11 Å². The fraction of sp³-hybridized carbons (Fsp3) is 0.200. The van der Waals surface area contributed by atoms with E-state index in [0.29, 0.717) is 12.0 Å². The molecule has 4 heteroatoms. The largest absolute Gasteiger partial charge is 0.497 e. The molecule has 2 aromatic rings. The summed E-state index contributed by atoms with van der Waals surface area (Å²) in [6.45, 7) is 0. The fourth-order valence-corrected chi connectivity index (χ4v) is 2.46. The van der Waals surface area contributed by atoms with Gasteiger partial charge in [-0.05, 0) is 35.7 Å². The zero-order valence-electron chi connectivity index (χ0n) is 10.4. The number of alkyl halides is 1. The molecule has 1 unspecified atom stereocenters. The molecular formula is C15H13BrF2O. The van der Waals surface area contributed by atoms with Gasteiger partial charge in [0.2, 0.25) is 0 Å². The predicted octanol–water partition coefficient (Wildman–Crippen LogP) is 4.65. The highest BCUT2D eigenvalue weighted by atomic mass is 79.9. The Morgan fingerprint density at radius 2 is 1.79 bits per heavy atom. The van der Waals surface area contributed by atoms with Gasteiger partial charge in [-0.25, -0.2) is 8.78 Å². The van der Waals surface area contributed by atoms with E-state index in [1.807, 2.05) is 24.3 Å². The van der Waals surface area contributed by atoms with Crippen molar-refractivity contribution in [3.63, 3.8) is 0 Å². The maximum Gasteiger partial charge on any atom is 0.129 e. The molecule has 100 valence electrons. The van der Waals surface area contributed by atoms with Gasteiger partial charge >= 0.3 is 0 Å². The van der Waals surface area contributed by atoms with E-state index in [-0.39, 0.29) is 4.83 Å². The highest BCUT2D eigenvalue weighted by Gasteiger charge is 2.12. The summed E-state index contributed by atoms with van der Waals surface area (Å²) in [5.41, 5.74) is 1.50. The molecule has 0 N–H and O–H groups in total. The van der Waals surface area contributed by atoms with Crippen molar-refractivity contribution in [3.8, 4) is 5.75 Å². The van der Waals surface area contributed by atoms with Crippen LogP contribution in [0.25, 0.3) is 0 Å². The Bertz CT molecular complexity index is 555. The summed E-state index contributed by atoms with van der Waals surface area (Å²) < 4.78 is 31.5. The van der Waals surface area contributed by atoms with Crippen LogP contribution in [0.4, 0.5) is 8.78 Å². The molecule has 0 aromatic heterocycles. The van der Waals surface area contributed by atoms with E-state index in [9.17, 15) is 8.78 Å². The lowest BCUT2D eigenvalue weighted by molar-refractivity contribution is 0.414. The first-order chi connectivity index (χ1) is 9.10. The lowest BCUT2D eigenvalue weighted by Crippen LogP contribution is -1.99. The lowest BCUT2D eigenvalue weighted by atomic mass is 10.0. The number of rotatable bonds is 4. The Kier molecular flexibility index (Phi) is 4.53. The van der Waals surface area contributed by atoms with Crippen LogP contribution in [0.2, 0.25) is 0 Å². The third-order valence-corrected chi connectivity index (χ3v) is 3.74. The van der Waals surface area contributed by atoms with Gasteiger partial charge in [0, 0.05) is 10.9 Å². The average Bonchev–Trinajstić information content (AvgIpc) is 2.42. The van der Waals surface area contributed by atoms with Crippen molar-refractivity contribution in [1.29, 1.82) is 0 Å². The summed E-state index contributed by atoms with van der Waals surface area (Å²) in [5, 5.41) is 0. The average molecular weight is 327 g/mol. The second-order valence-corrected chi connectivity index (χ2v) is 5.29. The Labute approximate surface area is 119 Å². The maximum absolute atomic E-state index is 13.6. The number of halogens is 3. The van der Waals surface area contributed by atoms with Crippen LogP contribution in [0, 0.1) is 11.6 Å². The molecule has 0 aliphatic carbocycles. The number of ether oxygens (including phenoxy) is 1. The van der Waals surface area contributed by atoms with Gasteiger partial charge in [0.15, 0.2) is 0 Å². The van der Waals surface area contributed by atoms with Crippen LogP contribution in [-0.4, -0.2) is 7.11 Å². The Morgan fingerprint density at radius 3 is 2.37 bits per heavy atom. The molecule has 0 fully saturated rings. The minimum absolute atomic E-state index is 0.0293. The summed E-state index contributed by atoms with van der Waals surface area (Å²) in [6, 6.07) is 11.2. The first-order valence-electron chi connectivity index (χ1n) is 5.82. The number of methoxy groups -OCH3 is 1. The molecule has 1 nitrogen and oxygen atoms in total. The van der Waals surface area contributed by atoms with Gasteiger partial charge in [0.25, 0.3) is 0 Å². The number of hydrogen-bond acceptors (Lipinski definition) is 1. The van der Waals surface area contributed by atoms with E-state index < -0.39 is 11.6 Å². The van der Waals surface area contributed by atoms with Crippen molar-refractivity contribution in [2.45, 2.75) is 11.2 Å². The third-order valence-electron chi connectivity index (χ3n) is 2.89. The Balaban J connectivity index is 2.13. The van der Waals surface area contributed by atoms with Gasteiger partial charge in [0.1, 0.15) is 17.4 Å². The van der Waals surface area contributed by atoms with Crippen LogP contribution in [-0.2, 0) is 6.42 Å². The van der Waals surface area contributed by atoms with Crippen LogP contribution in [0.3, 0.4) is 0 Å². The molecule has 0 bridgehead atoms. The summed E-state index contributed by atoms with van der Waals surface area (Å²) in [4.78, 5) is -0.0293.